The smallest absolute Gasteiger partial charge is 0.259 e. The minimum Gasteiger partial charge on any atom is -0.484 e. The number of carbonyl (C=O) groups excluding carboxylic acids is 1. The molecular weight excluding hydrogens is 360 g/mol. The molecule has 1 N–H and O–H groups in total. The Labute approximate surface area is 167 Å². The topological polar surface area (TPSA) is 57.2 Å². The number of thioether (sulfide) groups is 1. The van der Waals surface area contributed by atoms with Crippen LogP contribution in [0.1, 0.15) is 26.3 Å². The highest BCUT2D eigenvalue weighted by Crippen LogP contribution is 2.29. The van der Waals surface area contributed by atoms with Crippen LogP contribution in [-0.4, -0.2) is 72.5 Å². The van der Waals surface area contributed by atoms with Crippen molar-refractivity contribution < 1.29 is 9.53 Å². The molecule has 1 fully saturated rings. The summed E-state index contributed by atoms with van der Waals surface area (Å²) >= 11 is 2.01. The monoisotopic (exact) mass is 392 g/mol. The first-order chi connectivity index (χ1) is 12.8. The van der Waals surface area contributed by atoms with Gasteiger partial charge in [-0.05, 0) is 38.5 Å². The van der Waals surface area contributed by atoms with Crippen LogP contribution < -0.4 is 10.1 Å². The van der Waals surface area contributed by atoms with E-state index in [0.717, 1.165) is 36.9 Å². The van der Waals surface area contributed by atoms with Crippen molar-refractivity contribution in [2.75, 3.05) is 46.1 Å². The lowest BCUT2D eigenvalue weighted by Crippen LogP contribution is -2.50. The van der Waals surface area contributed by atoms with Gasteiger partial charge in [0.1, 0.15) is 5.75 Å². The molecule has 0 spiro atoms. The number of carbonyl (C=O) groups is 1. The molecule has 0 radical (unpaired) electrons. The number of guanidine groups is 1. The Morgan fingerprint density at radius 2 is 2.19 bits per heavy atom. The molecule has 2 rings (SSSR count). The van der Waals surface area contributed by atoms with Crippen LogP contribution in [0.15, 0.2) is 29.3 Å². The van der Waals surface area contributed by atoms with E-state index >= 15 is 0 Å². The number of hydrogen-bond donors (Lipinski definition) is 1. The fourth-order valence-corrected chi connectivity index (χ4v) is 3.91. The number of nitrogens with one attached hydrogen (secondary N) is 1. The summed E-state index contributed by atoms with van der Waals surface area (Å²) in [5, 5.41) is 3.41. The molecule has 0 aromatic heterocycles. The number of ether oxygens (including phenoxy) is 1. The maximum absolute atomic E-state index is 11.7. The molecule has 0 bridgehead atoms. The largest absolute Gasteiger partial charge is 0.484 e. The van der Waals surface area contributed by atoms with Crippen molar-refractivity contribution in [3.05, 3.63) is 29.8 Å². The Kier molecular flexibility index (Phi) is 7.83. The molecule has 0 aliphatic carbocycles. The van der Waals surface area contributed by atoms with E-state index in [4.69, 9.17) is 9.73 Å². The molecule has 1 amide bonds. The van der Waals surface area contributed by atoms with Gasteiger partial charge in [0, 0.05) is 44.2 Å². The Morgan fingerprint density at radius 1 is 1.41 bits per heavy atom. The lowest BCUT2D eigenvalue weighted by molar-refractivity contribution is -0.130. The molecule has 1 aliphatic heterocycles. The predicted molar refractivity (Wildman–Crippen MR) is 114 cm³/mol. The minimum atomic E-state index is -0.0570. The average molecular weight is 393 g/mol. The third-order valence-corrected chi connectivity index (χ3v) is 5.53. The number of nitrogens with zero attached hydrogens (tertiary/aromatic N) is 3. The van der Waals surface area contributed by atoms with Gasteiger partial charge in [0.2, 0.25) is 0 Å². The minimum absolute atomic E-state index is 0.0445. The van der Waals surface area contributed by atoms with E-state index in [0.29, 0.717) is 12.3 Å². The fraction of sp³-hybridized carbons (Fsp3) is 0.600. The molecule has 1 aromatic rings. The summed E-state index contributed by atoms with van der Waals surface area (Å²) in [5.41, 5.74) is 1.06. The van der Waals surface area contributed by atoms with Crippen molar-refractivity contribution in [3.8, 4) is 5.75 Å². The molecule has 1 heterocycles. The maximum atomic E-state index is 11.7. The van der Waals surface area contributed by atoms with E-state index in [9.17, 15) is 4.79 Å². The van der Waals surface area contributed by atoms with Gasteiger partial charge >= 0.3 is 0 Å². The SMILES string of the molecule is CCNC(=NCc1cccc(OCC(=O)N(C)C)c1)N1CCSC(C)(C)C1. The summed E-state index contributed by atoms with van der Waals surface area (Å²) in [5.74, 6) is 2.71. The quantitative estimate of drug-likeness (QED) is 0.595. The fourth-order valence-electron chi connectivity index (χ4n) is 2.80. The van der Waals surface area contributed by atoms with Gasteiger partial charge in [-0.1, -0.05) is 12.1 Å². The zero-order valence-electron chi connectivity index (χ0n) is 17.1. The Bertz CT molecular complexity index is 661. The van der Waals surface area contributed by atoms with Gasteiger partial charge in [-0.15, -0.1) is 0 Å². The van der Waals surface area contributed by atoms with Gasteiger partial charge in [0.25, 0.3) is 5.91 Å². The van der Waals surface area contributed by atoms with Crippen molar-refractivity contribution in [1.82, 2.24) is 15.1 Å². The van der Waals surface area contributed by atoms with Crippen LogP contribution in [0.3, 0.4) is 0 Å². The predicted octanol–water partition coefficient (Wildman–Crippen LogP) is 2.45. The van der Waals surface area contributed by atoms with Crippen LogP contribution in [0.5, 0.6) is 5.75 Å². The molecule has 0 atom stereocenters. The van der Waals surface area contributed by atoms with Gasteiger partial charge < -0.3 is 19.9 Å². The number of likely N-dealkylation sites (N-methyl/N-ethyl adjacent to an activating group) is 1. The second-order valence-corrected chi connectivity index (χ2v) is 9.23. The normalized spacial score (nSPS) is 16.8. The standard InChI is InChI=1S/C20H32N4O2S/c1-6-21-19(24-10-11-27-20(2,3)15-24)22-13-16-8-7-9-17(12-16)26-14-18(25)23(4)5/h7-9,12H,6,10-11,13-15H2,1-5H3,(H,21,22). The molecule has 1 aliphatic rings. The van der Waals surface area contributed by atoms with E-state index in [-0.39, 0.29) is 17.3 Å². The summed E-state index contributed by atoms with van der Waals surface area (Å²) in [6, 6.07) is 7.79. The Morgan fingerprint density at radius 3 is 2.85 bits per heavy atom. The van der Waals surface area contributed by atoms with Crippen molar-refractivity contribution in [3.63, 3.8) is 0 Å². The maximum Gasteiger partial charge on any atom is 0.259 e. The summed E-state index contributed by atoms with van der Waals surface area (Å²) in [7, 11) is 3.44. The molecule has 7 heteroatoms. The lowest BCUT2D eigenvalue weighted by Gasteiger charge is -2.39. The second kappa shape index (κ2) is 9.88. The molecular formula is C20H32N4O2S. The van der Waals surface area contributed by atoms with Crippen LogP contribution in [-0.2, 0) is 11.3 Å². The number of hydrogen-bond acceptors (Lipinski definition) is 4. The highest BCUT2D eigenvalue weighted by molar-refractivity contribution is 8.00. The number of benzene rings is 1. The third-order valence-electron chi connectivity index (χ3n) is 4.23. The molecule has 0 saturated carbocycles. The van der Waals surface area contributed by atoms with Crippen LogP contribution in [0.25, 0.3) is 0 Å². The van der Waals surface area contributed by atoms with E-state index in [1.54, 1.807) is 14.1 Å². The number of amides is 1. The highest BCUT2D eigenvalue weighted by atomic mass is 32.2. The van der Waals surface area contributed by atoms with Crippen molar-refractivity contribution in [2.24, 2.45) is 4.99 Å². The van der Waals surface area contributed by atoms with Gasteiger partial charge in [-0.3, -0.25) is 4.79 Å². The van der Waals surface area contributed by atoms with Gasteiger partial charge in [0.15, 0.2) is 12.6 Å². The average Bonchev–Trinajstić information content (AvgIpc) is 2.62. The zero-order chi connectivity index (χ0) is 19.9. The van der Waals surface area contributed by atoms with Crippen LogP contribution in [0.4, 0.5) is 0 Å². The van der Waals surface area contributed by atoms with Crippen LogP contribution in [0.2, 0.25) is 0 Å². The highest BCUT2D eigenvalue weighted by Gasteiger charge is 2.28. The summed E-state index contributed by atoms with van der Waals surface area (Å²) < 4.78 is 5.84. The number of aliphatic imine (C=N–C) groups is 1. The molecule has 27 heavy (non-hydrogen) atoms. The van der Waals surface area contributed by atoms with E-state index < -0.39 is 0 Å². The molecule has 1 saturated heterocycles. The molecule has 6 nitrogen and oxygen atoms in total. The first kappa shape index (κ1) is 21.4. The first-order valence-corrected chi connectivity index (χ1v) is 10.4. The van der Waals surface area contributed by atoms with Crippen LogP contribution >= 0.6 is 11.8 Å². The zero-order valence-corrected chi connectivity index (χ0v) is 17.9. The summed E-state index contributed by atoms with van der Waals surface area (Å²) in [4.78, 5) is 20.4. The molecule has 150 valence electrons. The first-order valence-electron chi connectivity index (χ1n) is 9.40. The van der Waals surface area contributed by atoms with Gasteiger partial charge in [0.05, 0.1) is 6.54 Å². The lowest BCUT2D eigenvalue weighted by atomic mass is 10.2. The Hall–Kier alpha value is -1.89. The van der Waals surface area contributed by atoms with Gasteiger partial charge in [-0.2, -0.15) is 11.8 Å². The van der Waals surface area contributed by atoms with E-state index in [1.807, 2.05) is 36.0 Å². The van der Waals surface area contributed by atoms with Crippen molar-refractivity contribution in [2.45, 2.75) is 32.1 Å². The van der Waals surface area contributed by atoms with Crippen molar-refractivity contribution >= 4 is 23.6 Å². The number of rotatable bonds is 6. The Balaban J connectivity index is 2.03. The van der Waals surface area contributed by atoms with E-state index in [1.165, 1.54) is 4.90 Å². The summed E-state index contributed by atoms with van der Waals surface area (Å²) in [6.07, 6.45) is 0. The summed E-state index contributed by atoms with van der Waals surface area (Å²) in [6.45, 7) is 10.1. The van der Waals surface area contributed by atoms with Crippen molar-refractivity contribution in [1.29, 1.82) is 0 Å². The van der Waals surface area contributed by atoms with E-state index in [2.05, 4.69) is 31.0 Å². The van der Waals surface area contributed by atoms with Crippen LogP contribution in [0, 0.1) is 0 Å². The third kappa shape index (κ3) is 6.97. The van der Waals surface area contributed by atoms with Gasteiger partial charge in [-0.25, -0.2) is 4.99 Å². The molecule has 0 unspecified atom stereocenters. The molecule has 1 aromatic carbocycles. The second-order valence-electron chi connectivity index (χ2n) is 7.42.